The first-order valence-electron chi connectivity index (χ1n) is 9.75. The zero-order valence-corrected chi connectivity index (χ0v) is 16.5. The van der Waals surface area contributed by atoms with E-state index in [4.69, 9.17) is 0 Å². The summed E-state index contributed by atoms with van der Waals surface area (Å²) in [6.07, 6.45) is 2.03. The Morgan fingerprint density at radius 1 is 0.966 bits per heavy atom. The molecule has 0 aromatic heterocycles. The molecule has 7 nitrogen and oxygen atoms in total. The molecular formula is C22H26N4O3. The topological polar surface area (TPSA) is 90.5 Å². The number of anilines is 1. The average molecular weight is 394 g/mol. The average Bonchev–Trinajstić information content (AvgIpc) is 2.72. The molecule has 3 rings (SSSR count). The summed E-state index contributed by atoms with van der Waals surface area (Å²) in [7, 11) is 0. The summed E-state index contributed by atoms with van der Waals surface area (Å²) in [6, 6.07) is 16.8. The lowest BCUT2D eigenvalue weighted by Crippen LogP contribution is -2.48. The first-order valence-corrected chi connectivity index (χ1v) is 9.75. The highest BCUT2D eigenvalue weighted by atomic mass is 16.2. The number of amides is 3. The number of para-hydroxylation sites is 1. The van der Waals surface area contributed by atoms with Gasteiger partial charge < -0.3 is 10.2 Å². The maximum Gasteiger partial charge on any atom is 0.257 e. The van der Waals surface area contributed by atoms with Crippen LogP contribution in [0.25, 0.3) is 0 Å². The van der Waals surface area contributed by atoms with Crippen molar-refractivity contribution in [2.45, 2.75) is 32.2 Å². The van der Waals surface area contributed by atoms with Crippen LogP contribution in [0.4, 0.5) is 5.69 Å². The van der Waals surface area contributed by atoms with E-state index >= 15 is 0 Å². The van der Waals surface area contributed by atoms with E-state index in [1.165, 1.54) is 12.5 Å². The van der Waals surface area contributed by atoms with Crippen LogP contribution in [0.3, 0.4) is 0 Å². The minimum atomic E-state index is -0.459. The maximum absolute atomic E-state index is 12.3. The zero-order chi connectivity index (χ0) is 20.6. The van der Waals surface area contributed by atoms with Crippen molar-refractivity contribution in [3.8, 4) is 0 Å². The highest BCUT2D eigenvalue weighted by molar-refractivity contribution is 5.85. The summed E-state index contributed by atoms with van der Waals surface area (Å²) in [5.41, 5.74) is 8.06. The molecule has 0 radical (unpaired) electrons. The third-order valence-corrected chi connectivity index (χ3v) is 4.85. The molecule has 0 bridgehead atoms. The molecule has 1 heterocycles. The van der Waals surface area contributed by atoms with Crippen LogP contribution in [0.2, 0.25) is 0 Å². The van der Waals surface area contributed by atoms with Gasteiger partial charge in [0.2, 0.25) is 11.8 Å². The zero-order valence-electron chi connectivity index (χ0n) is 16.5. The van der Waals surface area contributed by atoms with Crippen molar-refractivity contribution in [2.75, 3.05) is 18.0 Å². The van der Waals surface area contributed by atoms with Crippen LogP contribution in [0.15, 0.2) is 54.6 Å². The van der Waals surface area contributed by atoms with Crippen molar-refractivity contribution in [3.05, 3.63) is 65.7 Å². The molecule has 0 aliphatic carbocycles. The number of nitrogens with zero attached hydrogens (tertiary/aromatic N) is 1. The van der Waals surface area contributed by atoms with Crippen LogP contribution in [-0.4, -0.2) is 30.8 Å². The van der Waals surface area contributed by atoms with Gasteiger partial charge in [-0.05, 0) is 30.0 Å². The first kappa shape index (κ1) is 20.4. The number of fused-ring (bicyclic) bond motifs is 1. The van der Waals surface area contributed by atoms with Gasteiger partial charge in [0.25, 0.3) is 5.91 Å². The highest BCUT2D eigenvalue weighted by Crippen LogP contribution is 2.26. The Bertz CT molecular complexity index is 869. The molecule has 0 spiro atoms. The molecule has 0 unspecified atom stereocenters. The molecule has 1 atom stereocenters. The second-order valence-corrected chi connectivity index (χ2v) is 7.12. The fourth-order valence-corrected chi connectivity index (χ4v) is 3.55. The van der Waals surface area contributed by atoms with E-state index in [1.54, 1.807) is 0 Å². The SMILES string of the molecule is CC(=O)N[C@H](CC(=O)NNC(=O)CN1CCCc2ccccc21)c1ccccc1. The number of benzene rings is 2. The monoisotopic (exact) mass is 394 g/mol. The molecule has 29 heavy (non-hydrogen) atoms. The molecule has 3 N–H and O–H groups in total. The van der Waals surface area contributed by atoms with E-state index in [0.717, 1.165) is 30.6 Å². The Balaban J connectivity index is 1.52. The lowest BCUT2D eigenvalue weighted by molar-refractivity contribution is -0.129. The van der Waals surface area contributed by atoms with Crippen LogP contribution in [0, 0.1) is 0 Å². The summed E-state index contributed by atoms with van der Waals surface area (Å²) in [5, 5.41) is 2.77. The summed E-state index contributed by atoms with van der Waals surface area (Å²) in [6.45, 7) is 2.38. The Labute approximate surface area is 170 Å². The van der Waals surface area contributed by atoms with Crippen LogP contribution in [-0.2, 0) is 20.8 Å². The standard InChI is InChI=1S/C22H26N4O3/c1-16(27)23-19(17-8-3-2-4-9-17)14-21(28)24-25-22(29)15-26-13-7-11-18-10-5-6-12-20(18)26/h2-6,8-10,12,19H,7,11,13-15H2,1H3,(H,23,27)(H,24,28)(H,25,29)/t19-/m1/s1. The fourth-order valence-electron chi connectivity index (χ4n) is 3.55. The van der Waals surface area contributed by atoms with Gasteiger partial charge in [-0.15, -0.1) is 0 Å². The van der Waals surface area contributed by atoms with E-state index in [-0.39, 0.29) is 30.7 Å². The second kappa shape index (κ2) is 9.73. The molecule has 3 amide bonds. The maximum atomic E-state index is 12.3. The summed E-state index contributed by atoms with van der Waals surface area (Å²) in [5.74, 6) is -0.884. The van der Waals surface area contributed by atoms with Gasteiger partial charge >= 0.3 is 0 Å². The van der Waals surface area contributed by atoms with Crippen molar-refractivity contribution in [3.63, 3.8) is 0 Å². The molecule has 1 aliphatic heterocycles. The molecule has 7 heteroatoms. The Kier molecular flexibility index (Phi) is 6.84. The van der Waals surface area contributed by atoms with E-state index in [9.17, 15) is 14.4 Å². The Hall–Kier alpha value is -3.35. The third kappa shape index (κ3) is 5.81. The first-order chi connectivity index (χ1) is 14.0. The number of carbonyl (C=O) groups excluding carboxylic acids is 3. The predicted molar refractivity (Wildman–Crippen MR) is 111 cm³/mol. The van der Waals surface area contributed by atoms with E-state index in [1.807, 2.05) is 53.4 Å². The molecule has 0 saturated carbocycles. The van der Waals surface area contributed by atoms with Gasteiger partial charge in [-0.25, -0.2) is 0 Å². The van der Waals surface area contributed by atoms with Crippen molar-refractivity contribution >= 4 is 23.4 Å². The molecular weight excluding hydrogens is 368 g/mol. The molecule has 0 fully saturated rings. The smallest absolute Gasteiger partial charge is 0.257 e. The lowest BCUT2D eigenvalue weighted by atomic mass is 10.0. The van der Waals surface area contributed by atoms with E-state index < -0.39 is 6.04 Å². The quantitative estimate of drug-likeness (QED) is 0.653. The fraction of sp³-hybridized carbons (Fsp3) is 0.318. The minimum absolute atomic E-state index is 0.0242. The van der Waals surface area contributed by atoms with Gasteiger partial charge in [0.15, 0.2) is 0 Å². The Morgan fingerprint density at radius 2 is 1.66 bits per heavy atom. The third-order valence-electron chi connectivity index (χ3n) is 4.85. The van der Waals surface area contributed by atoms with Crippen molar-refractivity contribution < 1.29 is 14.4 Å². The van der Waals surface area contributed by atoms with Crippen molar-refractivity contribution in [1.29, 1.82) is 0 Å². The highest BCUT2D eigenvalue weighted by Gasteiger charge is 2.20. The van der Waals surface area contributed by atoms with Crippen molar-refractivity contribution in [2.24, 2.45) is 0 Å². The number of aryl methyl sites for hydroxylation is 1. The van der Waals surface area contributed by atoms with Gasteiger partial charge in [-0.1, -0.05) is 48.5 Å². The van der Waals surface area contributed by atoms with Crippen LogP contribution < -0.4 is 21.1 Å². The van der Waals surface area contributed by atoms with E-state index in [0.29, 0.717) is 0 Å². The minimum Gasteiger partial charge on any atom is -0.362 e. The van der Waals surface area contributed by atoms with Crippen molar-refractivity contribution in [1.82, 2.24) is 16.2 Å². The number of rotatable bonds is 6. The molecule has 2 aromatic carbocycles. The molecule has 1 aliphatic rings. The predicted octanol–water partition coefficient (Wildman–Crippen LogP) is 1.85. The lowest BCUT2D eigenvalue weighted by Gasteiger charge is -2.30. The molecule has 0 saturated heterocycles. The number of hydrogen-bond donors (Lipinski definition) is 3. The summed E-state index contributed by atoms with van der Waals surface area (Å²) >= 11 is 0. The normalized spacial score (nSPS) is 13.8. The van der Waals surface area contributed by atoms with Gasteiger partial charge in [0.05, 0.1) is 19.0 Å². The summed E-state index contributed by atoms with van der Waals surface area (Å²) in [4.78, 5) is 38.1. The second-order valence-electron chi connectivity index (χ2n) is 7.12. The van der Waals surface area contributed by atoms with Crippen LogP contribution >= 0.6 is 0 Å². The van der Waals surface area contributed by atoms with Gasteiger partial charge in [-0.2, -0.15) is 0 Å². The van der Waals surface area contributed by atoms with Crippen LogP contribution in [0.1, 0.15) is 36.9 Å². The Morgan fingerprint density at radius 3 is 2.41 bits per heavy atom. The molecule has 152 valence electrons. The number of hydrazine groups is 1. The summed E-state index contributed by atoms with van der Waals surface area (Å²) < 4.78 is 0. The number of carbonyl (C=O) groups is 3. The van der Waals surface area contributed by atoms with Gasteiger partial charge in [-0.3, -0.25) is 25.2 Å². The molecule has 2 aromatic rings. The number of nitrogens with one attached hydrogen (secondary N) is 3. The van der Waals surface area contributed by atoms with Crippen LogP contribution in [0.5, 0.6) is 0 Å². The van der Waals surface area contributed by atoms with E-state index in [2.05, 4.69) is 22.2 Å². The number of hydrogen-bond acceptors (Lipinski definition) is 4. The van der Waals surface area contributed by atoms with Gasteiger partial charge in [0, 0.05) is 19.2 Å². The van der Waals surface area contributed by atoms with Gasteiger partial charge in [0.1, 0.15) is 0 Å². The largest absolute Gasteiger partial charge is 0.362 e.